The summed E-state index contributed by atoms with van der Waals surface area (Å²) in [5.41, 5.74) is 10.5. The Hall–Kier alpha value is -3.05. The first kappa shape index (κ1) is 28.0. The number of thiophene rings is 1. The molecule has 1 unspecified atom stereocenters. The molecular weight excluding hydrogens is 440 g/mol. The van der Waals surface area contributed by atoms with E-state index in [1.165, 1.54) is 31.7 Å². The van der Waals surface area contributed by atoms with E-state index in [0.717, 1.165) is 12.2 Å². The molecule has 2 nitrogen and oxygen atoms in total. The maximum atomic E-state index is 5.81. The zero-order chi connectivity index (χ0) is 23.3. The van der Waals surface area contributed by atoms with Crippen LogP contribution in [0, 0.1) is 6.92 Å². The molecule has 1 heterocycles. The number of nitrogen functional groups attached to an aromatic ring is 1. The molecule has 0 fully saturated rings. The minimum atomic E-state index is 0. The molecular formula is C29H34N2S2. The molecule has 0 aliphatic heterocycles. The summed E-state index contributed by atoms with van der Waals surface area (Å²) in [7, 11) is 0. The van der Waals surface area contributed by atoms with E-state index in [1.54, 1.807) is 12.2 Å². The quantitative estimate of drug-likeness (QED) is 0.169. The predicted molar refractivity (Wildman–Crippen MR) is 155 cm³/mol. The molecule has 0 saturated heterocycles. The molecule has 4 rings (SSSR count). The molecule has 3 N–H and O–H groups in total. The van der Waals surface area contributed by atoms with E-state index >= 15 is 0 Å². The van der Waals surface area contributed by atoms with Crippen LogP contribution in [0.25, 0.3) is 10.1 Å². The fourth-order valence-corrected chi connectivity index (χ4v) is 4.54. The van der Waals surface area contributed by atoms with Gasteiger partial charge in [-0.25, -0.2) is 0 Å². The zero-order valence-corrected chi connectivity index (χ0v) is 21.1. The van der Waals surface area contributed by atoms with Crippen molar-refractivity contribution in [1.82, 2.24) is 5.32 Å². The number of aryl methyl sites for hydroxylation is 1. The van der Waals surface area contributed by atoms with Gasteiger partial charge < -0.3 is 11.1 Å². The summed E-state index contributed by atoms with van der Waals surface area (Å²) in [6.45, 7) is 15.7. The van der Waals surface area contributed by atoms with Gasteiger partial charge in [0, 0.05) is 21.8 Å². The van der Waals surface area contributed by atoms with Crippen LogP contribution in [0.4, 0.5) is 5.69 Å². The molecule has 0 spiro atoms. The van der Waals surface area contributed by atoms with Crippen molar-refractivity contribution in [2.75, 3.05) is 5.73 Å². The highest BCUT2D eigenvalue weighted by molar-refractivity contribution is 7.59. The van der Waals surface area contributed by atoms with Gasteiger partial charge in [0.15, 0.2) is 0 Å². The molecule has 1 atom stereocenters. The number of hydrogen-bond acceptors (Lipinski definition) is 3. The molecule has 1 aromatic heterocycles. The van der Waals surface area contributed by atoms with Gasteiger partial charge in [0.2, 0.25) is 0 Å². The fraction of sp³-hybridized carbons (Fsp3) is 0.103. The van der Waals surface area contributed by atoms with Gasteiger partial charge in [-0.15, -0.1) is 24.5 Å². The van der Waals surface area contributed by atoms with Crippen molar-refractivity contribution in [3.05, 3.63) is 139 Å². The summed E-state index contributed by atoms with van der Waals surface area (Å²) in [4.78, 5) is 1.37. The van der Waals surface area contributed by atoms with Crippen molar-refractivity contribution in [2.45, 2.75) is 19.5 Å². The number of hydrogen-bond donors (Lipinski definition) is 2. The predicted octanol–water partition coefficient (Wildman–Crippen LogP) is 7.94. The van der Waals surface area contributed by atoms with Crippen molar-refractivity contribution in [2.24, 2.45) is 0 Å². The number of rotatable bonds is 6. The summed E-state index contributed by atoms with van der Waals surface area (Å²) >= 11 is 1.87. The Morgan fingerprint density at radius 3 is 2.06 bits per heavy atom. The number of nitrogens with one attached hydrogen (secondary N) is 1. The average Bonchev–Trinajstić information content (AvgIpc) is 3.18. The minimum Gasteiger partial charge on any atom is -0.399 e. The molecule has 0 amide bonds. The third-order valence-electron chi connectivity index (χ3n) is 4.90. The van der Waals surface area contributed by atoms with Crippen molar-refractivity contribution < 1.29 is 0 Å². The van der Waals surface area contributed by atoms with Gasteiger partial charge in [0.1, 0.15) is 0 Å². The summed E-state index contributed by atoms with van der Waals surface area (Å²) < 4.78 is 1.34. The van der Waals surface area contributed by atoms with Crippen LogP contribution in [0.5, 0.6) is 0 Å². The van der Waals surface area contributed by atoms with E-state index in [4.69, 9.17) is 5.73 Å². The molecule has 4 heteroatoms. The molecule has 0 saturated carbocycles. The fourth-order valence-electron chi connectivity index (χ4n) is 3.43. The lowest BCUT2D eigenvalue weighted by Gasteiger charge is -2.21. The van der Waals surface area contributed by atoms with Crippen LogP contribution in [0.1, 0.15) is 27.6 Å². The third kappa shape index (κ3) is 7.79. The standard InChI is InChI=1S/C23H22N2S.C4H6.C2H4.H2S/c1-16-22(20-9-5-6-10-21(20)26-16)23(18-7-3-2-4-8-18)25-15-17-11-13-19(24)14-12-17;1-3-4-2;1-2;/h2-14,23,25H,15,24H2,1H3;3-4H,1-2H2;1-2H2;1H2. The first-order chi connectivity index (χ1) is 15.6. The van der Waals surface area contributed by atoms with Gasteiger partial charge in [-0.3, -0.25) is 0 Å². The molecule has 0 aliphatic carbocycles. The summed E-state index contributed by atoms with van der Waals surface area (Å²) in [6, 6.07) is 27.6. The van der Waals surface area contributed by atoms with E-state index in [2.05, 4.69) is 105 Å². The Bertz CT molecular complexity index is 1110. The molecule has 4 aromatic rings. The maximum absolute atomic E-state index is 5.81. The lowest BCUT2D eigenvalue weighted by atomic mass is 9.96. The van der Waals surface area contributed by atoms with Crippen LogP contribution < -0.4 is 11.1 Å². The number of fused-ring (bicyclic) bond motifs is 1. The van der Waals surface area contributed by atoms with Gasteiger partial charge in [0.25, 0.3) is 0 Å². The van der Waals surface area contributed by atoms with Crippen molar-refractivity contribution in [3.63, 3.8) is 0 Å². The second kappa shape index (κ2) is 14.9. The minimum absolute atomic E-state index is 0. The van der Waals surface area contributed by atoms with Crippen molar-refractivity contribution in [3.8, 4) is 0 Å². The van der Waals surface area contributed by atoms with E-state index in [1.807, 2.05) is 23.5 Å². The lowest BCUT2D eigenvalue weighted by Crippen LogP contribution is -2.22. The molecule has 0 bridgehead atoms. The van der Waals surface area contributed by atoms with Gasteiger partial charge in [-0.2, -0.15) is 13.5 Å². The van der Waals surface area contributed by atoms with Gasteiger partial charge in [-0.1, -0.05) is 86.0 Å². The van der Waals surface area contributed by atoms with E-state index in [-0.39, 0.29) is 19.5 Å². The van der Waals surface area contributed by atoms with E-state index in [9.17, 15) is 0 Å². The molecule has 33 heavy (non-hydrogen) atoms. The summed E-state index contributed by atoms with van der Waals surface area (Å²) in [5, 5.41) is 5.11. The SMILES string of the molecule is C=C.C=CC=C.Cc1sc2ccccc2c1C(NCc1ccc(N)cc1)c1ccccc1.S. The van der Waals surface area contributed by atoms with Gasteiger partial charge in [-0.05, 0) is 47.2 Å². The number of anilines is 1. The van der Waals surface area contributed by atoms with Crippen LogP contribution in [0.15, 0.2) is 117 Å². The van der Waals surface area contributed by atoms with Crippen LogP contribution in [-0.4, -0.2) is 0 Å². The lowest BCUT2D eigenvalue weighted by molar-refractivity contribution is 0.608. The Morgan fingerprint density at radius 2 is 1.45 bits per heavy atom. The van der Waals surface area contributed by atoms with Crippen LogP contribution in [-0.2, 0) is 6.54 Å². The normalized spacial score (nSPS) is 10.5. The Balaban J connectivity index is 0.000000706. The average molecular weight is 475 g/mol. The molecule has 0 aliphatic rings. The number of benzene rings is 3. The van der Waals surface area contributed by atoms with E-state index in [0.29, 0.717) is 0 Å². The Kier molecular flexibility index (Phi) is 12.6. The molecule has 0 radical (unpaired) electrons. The first-order valence-electron chi connectivity index (χ1n) is 10.5. The largest absolute Gasteiger partial charge is 0.399 e. The molecule has 172 valence electrons. The molecule has 3 aromatic carbocycles. The maximum Gasteiger partial charge on any atom is 0.0596 e. The second-order valence-electron chi connectivity index (χ2n) is 7.01. The highest BCUT2D eigenvalue weighted by Gasteiger charge is 2.20. The van der Waals surface area contributed by atoms with Crippen molar-refractivity contribution in [1.29, 1.82) is 0 Å². The summed E-state index contributed by atoms with van der Waals surface area (Å²) in [6.07, 6.45) is 3.28. The Labute approximate surface area is 209 Å². The van der Waals surface area contributed by atoms with E-state index < -0.39 is 0 Å². The van der Waals surface area contributed by atoms with Gasteiger partial charge in [0.05, 0.1) is 6.04 Å². The van der Waals surface area contributed by atoms with Gasteiger partial charge >= 0.3 is 0 Å². The van der Waals surface area contributed by atoms with Crippen LogP contribution in [0.2, 0.25) is 0 Å². The Morgan fingerprint density at radius 1 is 0.879 bits per heavy atom. The second-order valence-corrected chi connectivity index (χ2v) is 8.26. The van der Waals surface area contributed by atoms with Crippen LogP contribution in [0.3, 0.4) is 0 Å². The first-order valence-corrected chi connectivity index (χ1v) is 11.3. The topological polar surface area (TPSA) is 38.0 Å². The highest BCUT2D eigenvalue weighted by atomic mass is 32.1. The van der Waals surface area contributed by atoms with Crippen molar-refractivity contribution >= 4 is 40.6 Å². The number of nitrogens with two attached hydrogens (primary N) is 1. The highest BCUT2D eigenvalue weighted by Crippen LogP contribution is 2.37. The zero-order valence-electron chi connectivity index (χ0n) is 19.3. The monoisotopic (exact) mass is 474 g/mol. The smallest absolute Gasteiger partial charge is 0.0596 e. The van der Waals surface area contributed by atoms with Crippen LogP contribution >= 0.6 is 24.8 Å². The number of allylic oxidation sites excluding steroid dienone is 2. The summed E-state index contributed by atoms with van der Waals surface area (Å²) in [5.74, 6) is 0. The third-order valence-corrected chi connectivity index (χ3v) is 6.00.